The molecule has 0 spiro atoms. The summed E-state index contributed by atoms with van der Waals surface area (Å²) >= 11 is 0. The van der Waals surface area contributed by atoms with Crippen molar-refractivity contribution < 1.29 is 17.9 Å². The van der Waals surface area contributed by atoms with E-state index >= 15 is 0 Å². The molecule has 0 unspecified atom stereocenters. The van der Waals surface area contributed by atoms with Gasteiger partial charge in [0, 0.05) is 31.1 Å². The molecule has 7 nitrogen and oxygen atoms in total. The molecule has 2 aliphatic heterocycles. The van der Waals surface area contributed by atoms with Gasteiger partial charge in [0.25, 0.3) is 10.0 Å². The molecule has 34 heavy (non-hydrogen) atoms. The normalized spacial score (nSPS) is 18.1. The maximum atomic E-state index is 13.0. The Morgan fingerprint density at radius 3 is 2.50 bits per heavy atom. The first-order chi connectivity index (χ1) is 16.3. The number of likely N-dealkylation sites (tertiary alicyclic amines) is 1. The van der Waals surface area contributed by atoms with E-state index in [4.69, 9.17) is 4.74 Å². The van der Waals surface area contributed by atoms with Crippen molar-refractivity contribution in [1.29, 1.82) is 0 Å². The molecule has 1 amide bonds. The van der Waals surface area contributed by atoms with Gasteiger partial charge in [-0.15, -0.1) is 4.40 Å². The topological polar surface area (TPSA) is 88.1 Å². The molecule has 0 bridgehead atoms. The van der Waals surface area contributed by atoms with Crippen LogP contribution in [0.25, 0.3) is 4.91 Å². The van der Waals surface area contributed by atoms with Crippen LogP contribution in [0.1, 0.15) is 42.9 Å². The third-order valence-corrected chi connectivity index (χ3v) is 7.85. The fraction of sp³-hybridized carbons (Fsp3) is 0.385. The lowest BCUT2D eigenvalue weighted by molar-refractivity contribution is -0.126. The van der Waals surface area contributed by atoms with E-state index in [1.54, 1.807) is 7.11 Å². The van der Waals surface area contributed by atoms with E-state index in [1.165, 1.54) is 0 Å². The van der Waals surface area contributed by atoms with Gasteiger partial charge < -0.3 is 15.0 Å². The van der Waals surface area contributed by atoms with Crippen molar-refractivity contribution in [3.63, 3.8) is 0 Å². The highest BCUT2D eigenvalue weighted by Gasteiger charge is 2.36. The van der Waals surface area contributed by atoms with Crippen LogP contribution in [0.2, 0.25) is 0 Å². The molecule has 0 saturated carbocycles. The molecule has 2 aromatic carbocycles. The number of benzene rings is 2. The number of methoxy groups -OCH3 is 1. The molecule has 2 aromatic rings. The number of carbonyl (C=O) groups is 1. The number of piperidine rings is 1. The van der Waals surface area contributed by atoms with Crippen LogP contribution in [0.3, 0.4) is 0 Å². The summed E-state index contributed by atoms with van der Waals surface area (Å²) < 4.78 is 35.3. The van der Waals surface area contributed by atoms with Gasteiger partial charge in [0.1, 0.15) is 16.5 Å². The van der Waals surface area contributed by atoms with Gasteiger partial charge in [-0.3, -0.25) is 4.79 Å². The minimum absolute atomic E-state index is 0.0232. The average molecular weight is 482 g/mol. The quantitative estimate of drug-likeness (QED) is 0.676. The van der Waals surface area contributed by atoms with Crippen molar-refractivity contribution in [2.45, 2.75) is 39.7 Å². The number of amides is 1. The van der Waals surface area contributed by atoms with Crippen molar-refractivity contribution in [2.24, 2.45) is 10.3 Å². The van der Waals surface area contributed by atoms with Crippen molar-refractivity contribution in [2.75, 3.05) is 20.2 Å². The van der Waals surface area contributed by atoms with Gasteiger partial charge in [0.05, 0.1) is 7.11 Å². The second-order valence-electron chi connectivity index (χ2n) is 8.75. The summed E-state index contributed by atoms with van der Waals surface area (Å²) in [5.41, 5.74) is 3.49. The number of aryl methyl sites for hydroxylation is 1. The monoisotopic (exact) mass is 481 g/mol. The van der Waals surface area contributed by atoms with E-state index in [1.807, 2.05) is 67.3 Å². The predicted octanol–water partition coefficient (Wildman–Crippen LogP) is 3.90. The lowest BCUT2D eigenvalue weighted by atomic mass is 9.94. The first-order valence-corrected chi connectivity index (χ1v) is 13.1. The van der Waals surface area contributed by atoms with Crippen molar-refractivity contribution >= 4 is 26.7 Å². The molecule has 8 heteroatoms. The highest BCUT2D eigenvalue weighted by Crippen LogP contribution is 2.36. The van der Waals surface area contributed by atoms with Crippen LogP contribution in [0.4, 0.5) is 0 Å². The van der Waals surface area contributed by atoms with Crippen LogP contribution in [0.15, 0.2) is 58.5 Å². The van der Waals surface area contributed by atoms with Gasteiger partial charge in [-0.25, -0.2) is 0 Å². The van der Waals surface area contributed by atoms with Crippen LogP contribution in [-0.4, -0.2) is 45.3 Å². The number of rotatable bonds is 6. The lowest BCUT2D eigenvalue weighted by Gasteiger charge is -2.33. The maximum absolute atomic E-state index is 13.0. The molecular weight excluding hydrogens is 450 g/mol. The standard InChI is InChI=1S/C26H31N3O4S/c1-4-23-24(20-10-8-18(2)9-11-20)34(31,32)28-25(23)29-14-12-21(13-15-29)26(30)27-17-19-6-5-7-22(16-19)33-3/h5-11,16,21H,4,12-15,17H2,1-3H3,(H,27,30). The Balaban J connectivity index is 1.42. The number of hydrogen-bond acceptors (Lipinski definition) is 5. The first-order valence-electron chi connectivity index (χ1n) is 11.6. The number of carbonyl (C=O) groups excluding carboxylic acids is 1. The Morgan fingerprint density at radius 1 is 1.15 bits per heavy atom. The van der Waals surface area contributed by atoms with Crippen LogP contribution in [0.5, 0.6) is 5.75 Å². The largest absolute Gasteiger partial charge is 0.497 e. The molecular formula is C26H31N3O4S. The highest BCUT2D eigenvalue weighted by atomic mass is 32.2. The Labute approximate surface area is 201 Å². The Kier molecular flexibility index (Phi) is 7.07. The minimum atomic E-state index is -3.75. The third-order valence-electron chi connectivity index (χ3n) is 6.44. The van der Waals surface area contributed by atoms with E-state index in [2.05, 4.69) is 9.71 Å². The molecule has 0 aromatic heterocycles. The zero-order valence-corrected chi connectivity index (χ0v) is 20.7. The summed E-state index contributed by atoms with van der Waals surface area (Å²) in [6.07, 6.45) is 1.88. The summed E-state index contributed by atoms with van der Waals surface area (Å²) in [7, 11) is -2.13. The van der Waals surface area contributed by atoms with Crippen molar-refractivity contribution in [3.05, 3.63) is 70.8 Å². The summed E-state index contributed by atoms with van der Waals surface area (Å²) in [4.78, 5) is 15.1. The second-order valence-corrected chi connectivity index (χ2v) is 10.3. The molecule has 0 atom stereocenters. The van der Waals surface area contributed by atoms with Gasteiger partial charge >= 0.3 is 0 Å². The lowest BCUT2D eigenvalue weighted by Crippen LogP contribution is -2.43. The maximum Gasteiger partial charge on any atom is 0.285 e. The Morgan fingerprint density at radius 2 is 1.85 bits per heavy atom. The van der Waals surface area contributed by atoms with Crippen molar-refractivity contribution in [1.82, 2.24) is 10.2 Å². The summed E-state index contributed by atoms with van der Waals surface area (Å²) in [5.74, 6) is 1.21. The molecule has 1 saturated heterocycles. The molecule has 4 rings (SSSR count). The molecule has 0 radical (unpaired) electrons. The fourth-order valence-electron chi connectivity index (χ4n) is 4.54. The third kappa shape index (κ3) is 5.01. The average Bonchev–Trinajstić information content (AvgIpc) is 3.13. The fourth-order valence-corrected chi connectivity index (χ4v) is 6.06. The van der Waals surface area contributed by atoms with Gasteiger partial charge in [-0.1, -0.05) is 48.9 Å². The van der Waals surface area contributed by atoms with Crippen LogP contribution >= 0.6 is 0 Å². The van der Waals surface area contributed by atoms with Gasteiger partial charge in [-0.2, -0.15) is 8.42 Å². The zero-order chi connectivity index (χ0) is 24.3. The molecule has 0 aliphatic carbocycles. The predicted molar refractivity (Wildman–Crippen MR) is 134 cm³/mol. The molecule has 2 heterocycles. The summed E-state index contributed by atoms with van der Waals surface area (Å²) in [6, 6.07) is 15.2. The molecule has 1 N–H and O–H groups in total. The molecule has 1 fully saturated rings. The van der Waals surface area contributed by atoms with Crippen LogP contribution in [0, 0.1) is 12.8 Å². The number of sulfonamides is 1. The number of nitrogens with zero attached hydrogens (tertiary/aromatic N) is 2. The van der Waals surface area contributed by atoms with Gasteiger partial charge in [0.2, 0.25) is 5.91 Å². The zero-order valence-electron chi connectivity index (χ0n) is 19.9. The van der Waals surface area contributed by atoms with Gasteiger partial charge in [0.15, 0.2) is 0 Å². The second kappa shape index (κ2) is 10.0. The van der Waals surface area contributed by atoms with E-state index < -0.39 is 10.0 Å². The number of hydrogen-bond donors (Lipinski definition) is 1. The van der Waals surface area contributed by atoms with E-state index in [9.17, 15) is 13.2 Å². The number of amidine groups is 1. The summed E-state index contributed by atoms with van der Waals surface area (Å²) in [5, 5.41) is 3.02. The van der Waals surface area contributed by atoms with Crippen molar-refractivity contribution in [3.8, 4) is 5.75 Å². The highest BCUT2D eigenvalue weighted by molar-refractivity contribution is 8.00. The number of ether oxygens (including phenoxy) is 1. The minimum Gasteiger partial charge on any atom is -0.497 e. The molecule has 2 aliphatic rings. The SMILES string of the molecule is CCC1=C(c2ccc(C)cc2)S(=O)(=O)N=C1N1CCC(C(=O)NCc2cccc(OC)c2)CC1. The number of nitrogens with one attached hydrogen (secondary N) is 1. The van der Waals surface area contributed by atoms with E-state index in [0.29, 0.717) is 55.2 Å². The first kappa shape index (κ1) is 24.0. The molecule has 180 valence electrons. The van der Waals surface area contributed by atoms with E-state index in [0.717, 1.165) is 22.4 Å². The Bertz CT molecular complexity index is 1220. The van der Waals surface area contributed by atoms with Crippen LogP contribution in [-0.2, 0) is 21.4 Å². The van der Waals surface area contributed by atoms with E-state index in [-0.39, 0.29) is 11.8 Å². The smallest absolute Gasteiger partial charge is 0.285 e. The van der Waals surface area contributed by atoms with Gasteiger partial charge in [-0.05, 0) is 49.4 Å². The van der Waals surface area contributed by atoms with Crippen LogP contribution < -0.4 is 10.1 Å². The summed E-state index contributed by atoms with van der Waals surface area (Å²) in [6.45, 7) is 5.57. The Hall–Kier alpha value is -3.13.